The Hall–Kier alpha value is -3.21. The standard InChI is InChI=1S/C20H18N2O3/c1-13(10-14-2-4-15(5-3-14)20(24)25)19(23)22-18-7-6-17-12-21-9-8-16(17)11-18/h2-9,11-13H,10H2,1H3,(H,22,23)(H,24,25)/t13-/m0/s1. The highest BCUT2D eigenvalue weighted by molar-refractivity contribution is 5.95. The van der Waals surface area contributed by atoms with E-state index < -0.39 is 5.97 Å². The van der Waals surface area contributed by atoms with Gasteiger partial charge in [-0.2, -0.15) is 0 Å². The predicted octanol–water partition coefficient (Wildman–Crippen LogP) is 3.75. The molecule has 0 radical (unpaired) electrons. The first-order chi connectivity index (χ1) is 12.0. The van der Waals surface area contributed by atoms with Crippen LogP contribution in [0.15, 0.2) is 60.9 Å². The molecule has 2 aromatic carbocycles. The van der Waals surface area contributed by atoms with Gasteiger partial charge in [-0.05, 0) is 47.7 Å². The summed E-state index contributed by atoms with van der Waals surface area (Å²) >= 11 is 0. The van der Waals surface area contributed by atoms with Crippen LogP contribution in [0.5, 0.6) is 0 Å². The van der Waals surface area contributed by atoms with Crippen LogP contribution in [0.25, 0.3) is 10.8 Å². The summed E-state index contributed by atoms with van der Waals surface area (Å²) in [6.07, 6.45) is 4.05. The molecule has 0 bridgehead atoms. The van der Waals surface area contributed by atoms with Crippen molar-refractivity contribution < 1.29 is 14.7 Å². The van der Waals surface area contributed by atoms with Crippen LogP contribution in [0.1, 0.15) is 22.8 Å². The molecule has 0 fully saturated rings. The number of rotatable bonds is 5. The number of hydrogen-bond acceptors (Lipinski definition) is 3. The molecule has 5 nitrogen and oxygen atoms in total. The number of amides is 1. The molecule has 0 aliphatic carbocycles. The SMILES string of the molecule is C[C@@H](Cc1ccc(C(=O)O)cc1)C(=O)Nc1ccc2cnccc2c1. The topological polar surface area (TPSA) is 79.3 Å². The Labute approximate surface area is 145 Å². The predicted molar refractivity (Wildman–Crippen MR) is 96.6 cm³/mol. The summed E-state index contributed by atoms with van der Waals surface area (Å²) in [6, 6.07) is 14.2. The largest absolute Gasteiger partial charge is 0.478 e. The lowest BCUT2D eigenvalue weighted by Crippen LogP contribution is -2.22. The van der Waals surface area contributed by atoms with E-state index in [0.29, 0.717) is 6.42 Å². The summed E-state index contributed by atoms with van der Waals surface area (Å²) in [5.74, 6) is -1.26. The fourth-order valence-electron chi connectivity index (χ4n) is 2.66. The van der Waals surface area contributed by atoms with Gasteiger partial charge in [0.25, 0.3) is 0 Å². The van der Waals surface area contributed by atoms with Gasteiger partial charge in [-0.1, -0.05) is 25.1 Å². The number of hydrogen-bond donors (Lipinski definition) is 2. The zero-order chi connectivity index (χ0) is 17.8. The molecular formula is C20H18N2O3. The van der Waals surface area contributed by atoms with Crippen molar-refractivity contribution in [3.8, 4) is 0 Å². The second kappa shape index (κ2) is 7.13. The van der Waals surface area contributed by atoms with Crippen molar-refractivity contribution in [1.82, 2.24) is 4.98 Å². The molecule has 0 saturated carbocycles. The Morgan fingerprint density at radius 1 is 1.08 bits per heavy atom. The number of anilines is 1. The maximum absolute atomic E-state index is 12.4. The first-order valence-corrected chi connectivity index (χ1v) is 8.00. The molecule has 2 N–H and O–H groups in total. The summed E-state index contributed by atoms with van der Waals surface area (Å²) in [5, 5.41) is 13.9. The van der Waals surface area contributed by atoms with E-state index in [9.17, 15) is 9.59 Å². The van der Waals surface area contributed by atoms with Gasteiger partial charge in [-0.15, -0.1) is 0 Å². The molecule has 126 valence electrons. The van der Waals surface area contributed by atoms with Crippen molar-refractivity contribution in [2.24, 2.45) is 5.92 Å². The minimum absolute atomic E-state index is 0.0734. The Morgan fingerprint density at radius 3 is 2.56 bits per heavy atom. The van der Waals surface area contributed by atoms with Gasteiger partial charge in [0.2, 0.25) is 5.91 Å². The fourth-order valence-corrected chi connectivity index (χ4v) is 2.66. The van der Waals surface area contributed by atoms with Gasteiger partial charge in [0, 0.05) is 29.4 Å². The van der Waals surface area contributed by atoms with E-state index in [1.54, 1.807) is 36.7 Å². The smallest absolute Gasteiger partial charge is 0.335 e. The maximum atomic E-state index is 12.4. The van der Waals surface area contributed by atoms with Crippen LogP contribution in [0.4, 0.5) is 5.69 Å². The molecule has 0 aliphatic rings. The number of nitrogens with one attached hydrogen (secondary N) is 1. The third kappa shape index (κ3) is 4.01. The summed E-state index contributed by atoms with van der Waals surface area (Å²) in [5.41, 5.74) is 1.92. The average molecular weight is 334 g/mol. The van der Waals surface area contributed by atoms with Crippen molar-refractivity contribution >= 4 is 28.3 Å². The van der Waals surface area contributed by atoms with Crippen LogP contribution < -0.4 is 5.32 Å². The molecule has 0 unspecified atom stereocenters. The number of carboxylic acids is 1. The number of pyridine rings is 1. The molecule has 0 saturated heterocycles. The number of fused-ring (bicyclic) bond motifs is 1. The van der Waals surface area contributed by atoms with E-state index in [0.717, 1.165) is 22.0 Å². The first kappa shape index (κ1) is 16.6. The fraction of sp³-hybridized carbons (Fsp3) is 0.150. The molecule has 0 spiro atoms. The number of benzene rings is 2. The van der Waals surface area contributed by atoms with E-state index in [1.807, 2.05) is 31.2 Å². The lowest BCUT2D eigenvalue weighted by atomic mass is 9.99. The van der Waals surface area contributed by atoms with Crippen LogP contribution in [0, 0.1) is 5.92 Å². The van der Waals surface area contributed by atoms with E-state index >= 15 is 0 Å². The molecular weight excluding hydrogens is 316 g/mol. The first-order valence-electron chi connectivity index (χ1n) is 8.00. The third-order valence-electron chi connectivity index (χ3n) is 4.10. The van der Waals surface area contributed by atoms with Crippen molar-refractivity contribution in [1.29, 1.82) is 0 Å². The van der Waals surface area contributed by atoms with Crippen molar-refractivity contribution in [2.75, 3.05) is 5.32 Å². The Bertz CT molecular complexity index is 920. The van der Waals surface area contributed by atoms with Gasteiger partial charge in [0.05, 0.1) is 5.56 Å². The molecule has 0 aliphatic heterocycles. The zero-order valence-corrected chi connectivity index (χ0v) is 13.8. The van der Waals surface area contributed by atoms with E-state index in [1.165, 1.54) is 0 Å². The number of aromatic nitrogens is 1. The van der Waals surface area contributed by atoms with E-state index in [-0.39, 0.29) is 17.4 Å². The number of nitrogens with zero attached hydrogens (tertiary/aromatic N) is 1. The van der Waals surface area contributed by atoms with Crippen molar-refractivity contribution in [2.45, 2.75) is 13.3 Å². The number of carbonyl (C=O) groups excluding carboxylic acids is 1. The average Bonchev–Trinajstić information content (AvgIpc) is 2.62. The van der Waals surface area contributed by atoms with Crippen molar-refractivity contribution in [3.63, 3.8) is 0 Å². The summed E-state index contributed by atoms with van der Waals surface area (Å²) in [6.45, 7) is 1.85. The molecule has 1 heterocycles. The van der Waals surface area contributed by atoms with Crippen LogP contribution in [0.2, 0.25) is 0 Å². The maximum Gasteiger partial charge on any atom is 0.335 e. The normalized spacial score (nSPS) is 11.9. The van der Waals surface area contributed by atoms with Crippen LogP contribution in [0.3, 0.4) is 0 Å². The highest BCUT2D eigenvalue weighted by Gasteiger charge is 2.14. The highest BCUT2D eigenvalue weighted by atomic mass is 16.4. The Kier molecular flexibility index (Phi) is 4.75. The monoisotopic (exact) mass is 334 g/mol. The van der Waals surface area contributed by atoms with Crippen LogP contribution >= 0.6 is 0 Å². The van der Waals surface area contributed by atoms with E-state index in [4.69, 9.17) is 5.11 Å². The van der Waals surface area contributed by atoms with Crippen LogP contribution in [-0.4, -0.2) is 22.0 Å². The van der Waals surface area contributed by atoms with Crippen molar-refractivity contribution in [3.05, 3.63) is 72.1 Å². The summed E-state index contributed by atoms with van der Waals surface area (Å²) < 4.78 is 0. The Morgan fingerprint density at radius 2 is 1.84 bits per heavy atom. The number of carbonyl (C=O) groups is 2. The molecule has 3 rings (SSSR count). The highest BCUT2D eigenvalue weighted by Crippen LogP contribution is 2.19. The van der Waals surface area contributed by atoms with Gasteiger partial charge in [0.15, 0.2) is 0 Å². The molecule has 25 heavy (non-hydrogen) atoms. The number of carboxylic acid groups (broad SMARTS) is 1. The number of aromatic carboxylic acids is 1. The molecule has 1 aromatic heterocycles. The van der Waals surface area contributed by atoms with Gasteiger partial charge < -0.3 is 10.4 Å². The lowest BCUT2D eigenvalue weighted by Gasteiger charge is -2.13. The molecule has 1 atom stereocenters. The zero-order valence-electron chi connectivity index (χ0n) is 13.8. The molecule has 5 heteroatoms. The Balaban J connectivity index is 1.66. The van der Waals surface area contributed by atoms with Crippen LogP contribution in [-0.2, 0) is 11.2 Å². The second-order valence-electron chi connectivity index (χ2n) is 6.03. The second-order valence-corrected chi connectivity index (χ2v) is 6.03. The third-order valence-corrected chi connectivity index (χ3v) is 4.10. The molecule has 1 amide bonds. The quantitative estimate of drug-likeness (QED) is 0.745. The molecule has 3 aromatic rings. The minimum Gasteiger partial charge on any atom is -0.478 e. The van der Waals surface area contributed by atoms with Gasteiger partial charge >= 0.3 is 5.97 Å². The van der Waals surface area contributed by atoms with Gasteiger partial charge in [0.1, 0.15) is 0 Å². The van der Waals surface area contributed by atoms with Gasteiger partial charge in [-0.3, -0.25) is 9.78 Å². The van der Waals surface area contributed by atoms with E-state index in [2.05, 4.69) is 10.3 Å². The summed E-state index contributed by atoms with van der Waals surface area (Å²) in [4.78, 5) is 27.4. The van der Waals surface area contributed by atoms with Gasteiger partial charge in [-0.25, -0.2) is 4.79 Å². The minimum atomic E-state index is -0.955. The summed E-state index contributed by atoms with van der Waals surface area (Å²) in [7, 11) is 0. The lowest BCUT2D eigenvalue weighted by molar-refractivity contribution is -0.119.